The van der Waals surface area contributed by atoms with Crippen LogP contribution in [0.15, 0.2) is 34.3 Å². The first-order chi connectivity index (χ1) is 9.54. The normalized spacial score (nSPS) is 16.1. The summed E-state index contributed by atoms with van der Waals surface area (Å²) in [6.45, 7) is 1.87. The molecule has 1 aliphatic carbocycles. The predicted octanol–water partition coefficient (Wildman–Crippen LogP) is 3.05. The molecule has 0 amide bonds. The van der Waals surface area contributed by atoms with Crippen LogP contribution in [0.1, 0.15) is 31.2 Å². The third kappa shape index (κ3) is 3.67. The van der Waals surface area contributed by atoms with Crippen LogP contribution in [-0.4, -0.2) is 13.8 Å². The van der Waals surface area contributed by atoms with Crippen molar-refractivity contribution in [3.63, 3.8) is 0 Å². The van der Waals surface area contributed by atoms with Gasteiger partial charge >= 0.3 is 0 Å². The first-order valence-electron chi connectivity index (χ1n) is 6.65. The molecule has 1 aromatic carbocycles. The highest BCUT2D eigenvalue weighted by Gasteiger charge is 2.28. The van der Waals surface area contributed by atoms with Crippen LogP contribution in [-0.2, 0) is 9.84 Å². The van der Waals surface area contributed by atoms with Gasteiger partial charge in [-0.05, 0) is 43.5 Å². The van der Waals surface area contributed by atoms with E-state index in [0.29, 0.717) is 12.3 Å². The Morgan fingerprint density at radius 1 is 1.30 bits per heavy atom. The summed E-state index contributed by atoms with van der Waals surface area (Å²) in [6.07, 6.45) is 2.80. The van der Waals surface area contributed by atoms with Crippen molar-refractivity contribution in [2.45, 2.75) is 42.9 Å². The van der Waals surface area contributed by atoms with E-state index in [1.54, 1.807) is 12.1 Å². The Kier molecular flexibility index (Phi) is 4.56. The number of benzene rings is 1. The largest absolute Gasteiger partial charge is 0.221 e. The Labute approximate surface area is 119 Å². The van der Waals surface area contributed by atoms with Crippen molar-refractivity contribution in [1.29, 1.82) is 0 Å². The Balaban J connectivity index is 2.06. The molecule has 1 unspecified atom stereocenters. The van der Waals surface area contributed by atoms with E-state index in [1.807, 2.05) is 6.92 Å². The second-order valence-electron chi connectivity index (χ2n) is 5.05. The Morgan fingerprint density at radius 2 is 1.95 bits per heavy atom. The smallest absolute Gasteiger partial charge is 0.204 e. The van der Waals surface area contributed by atoms with Gasteiger partial charge in [-0.15, -0.1) is 10.8 Å². The molecule has 1 fully saturated rings. The Bertz CT molecular complexity index is 634. The van der Waals surface area contributed by atoms with Gasteiger partial charge in [0.25, 0.3) is 0 Å². The summed E-state index contributed by atoms with van der Waals surface area (Å²) in [5.41, 5.74) is 0.967. The molecule has 4 nitrogen and oxygen atoms in total. The fraction of sp³-hybridized carbons (Fsp3) is 0.467. The van der Waals surface area contributed by atoms with Crippen LogP contribution >= 0.6 is 0 Å². The van der Waals surface area contributed by atoms with E-state index in [9.17, 15) is 13.3 Å². The average molecular weight is 291 g/mol. The first-order valence-corrected chi connectivity index (χ1v) is 8.20. The molecule has 20 heavy (non-hydrogen) atoms. The van der Waals surface area contributed by atoms with E-state index in [0.717, 1.165) is 18.4 Å². The second-order valence-corrected chi connectivity index (χ2v) is 7.16. The average Bonchev–Trinajstić information content (AvgIpc) is 3.23. The van der Waals surface area contributed by atoms with Crippen LogP contribution in [0.5, 0.6) is 0 Å². The zero-order chi connectivity index (χ0) is 14.6. The maximum atomic E-state index is 12.3. The molecule has 106 valence electrons. The minimum atomic E-state index is -3.70. The monoisotopic (exact) mass is 291 g/mol. The van der Waals surface area contributed by atoms with Gasteiger partial charge in [-0.2, -0.15) is 0 Å². The van der Waals surface area contributed by atoms with Crippen LogP contribution in [0.2, 0.25) is 0 Å². The van der Waals surface area contributed by atoms with E-state index in [-0.39, 0.29) is 11.3 Å². The highest BCUT2D eigenvalue weighted by Crippen LogP contribution is 2.27. The van der Waals surface area contributed by atoms with Crippen molar-refractivity contribution in [3.05, 3.63) is 34.7 Å². The molecule has 0 aromatic heterocycles. The lowest BCUT2D eigenvalue weighted by atomic mass is 10.2. The van der Waals surface area contributed by atoms with Crippen LogP contribution in [0.4, 0.5) is 0 Å². The number of rotatable bonds is 5. The van der Waals surface area contributed by atoms with E-state index in [1.165, 1.54) is 12.1 Å². The van der Waals surface area contributed by atoms with E-state index in [4.69, 9.17) is 0 Å². The minimum absolute atomic E-state index is 0.142. The number of hydrogen-bond donors (Lipinski definition) is 0. The predicted molar refractivity (Wildman–Crippen MR) is 77.7 cm³/mol. The second kappa shape index (κ2) is 6.19. The van der Waals surface area contributed by atoms with Gasteiger partial charge in [-0.3, -0.25) is 0 Å². The van der Waals surface area contributed by atoms with Gasteiger partial charge in [-0.25, -0.2) is 8.42 Å². The summed E-state index contributed by atoms with van der Waals surface area (Å²) in [6, 6.07) is 6.45. The molecule has 0 spiro atoms. The molecule has 5 heteroatoms. The lowest BCUT2D eigenvalue weighted by Gasteiger charge is -2.09. The maximum absolute atomic E-state index is 12.3. The summed E-state index contributed by atoms with van der Waals surface area (Å²) in [5, 5.41) is 1.53. The molecular weight excluding hydrogens is 274 g/mol. The molecule has 0 aliphatic heterocycles. The molecule has 0 saturated heterocycles. The minimum Gasteiger partial charge on any atom is -0.221 e. The number of sulfone groups is 1. The fourth-order valence-corrected chi connectivity index (χ4v) is 3.16. The van der Waals surface area contributed by atoms with Crippen LogP contribution in [0, 0.1) is 29.6 Å². The zero-order valence-electron chi connectivity index (χ0n) is 11.4. The number of hydrogen-bond acceptors (Lipinski definition) is 4. The molecular formula is C15H17NO3S. The van der Waals surface area contributed by atoms with Crippen LogP contribution < -0.4 is 0 Å². The Hall–Kier alpha value is -1.67. The summed E-state index contributed by atoms with van der Waals surface area (Å²) >= 11 is 0. The van der Waals surface area contributed by atoms with Crippen molar-refractivity contribution < 1.29 is 8.42 Å². The number of nitrogens with zero attached hydrogens (tertiary/aromatic N) is 1. The van der Waals surface area contributed by atoms with E-state index in [2.05, 4.69) is 17.0 Å². The molecule has 0 radical (unpaired) electrons. The highest BCUT2D eigenvalue weighted by molar-refractivity contribution is 7.92. The van der Waals surface area contributed by atoms with Crippen molar-refractivity contribution >= 4 is 9.84 Å². The van der Waals surface area contributed by atoms with Gasteiger partial charge < -0.3 is 0 Å². The molecule has 1 saturated carbocycles. The molecule has 1 atom stereocenters. The molecule has 1 aliphatic rings. The first kappa shape index (κ1) is 14.7. The summed E-state index contributed by atoms with van der Waals surface area (Å²) < 4.78 is 24.5. The molecule has 0 N–H and O–H groups in total. The zero-order valence-corrected chi connectivity index (χ0v) is 12.2. The van der Waals surface area contributed by atoms with Gasteiger partial charge in [0.05, 0.1) is 4.90 Å². The number of aryl methyl sites for hydroxylation is 1. The number of nitroso groups, excluding NO2 is 1. The summed E-state index contributed by atoms with van der Waals surface area (Å²) in [5.74, 6) is 6.46. The summed E-state index contributed by atoms with van der Waals surface area (Å²) in [4.78, 5) is 11.0. The van der Waals surface area contributed by atoms with Crippen LogP contribution in [0.25, 0.3) is 0 Å². The quantitative estimate of drug-likeness (QED) is 0.618. The molecule has 0 bridgehead atoms. The lowest BCUT2D eigenvalue weighted by Crippen LogP contribution is -2.18. The SMILES string of the molecule is Cc1ccc(S(=O)(=O)C(CCC#CC2CC2)N=O)cc1. The lowest BCUT2D eigenvalue weighted by molar-refractivity contribution is 0.575. The van der Waals surface area contributed by atoms with Gasteiger partial charge in [0, 0.05) is 12.3 Å². The van der Waals surface area contributed by atoms with Crippen molar-refractivity contribution in [2.75, 3.05) is 0 Å². The van der Waals surface area contributed by atoms with Gasteiger partial charge in [-0.1, -0.05) is 23.6 Å². The van der Waals surface area contributed by atoms with Crippen molar-refractivity contribution in [3.8, 4) is 11.8 Å². The summed E-state index contributed by atoms with van der Waals surface area (Å²) in [7, 11) is -3.70. The van der Waals surface area contributed by atoms with Gasteiger partial charge in [0.1, 0.15) is 0 Å². The van der Waals surface area contributed by atoms with Crippen LogP contribution in [0.3, 0.4) is 0 Å². The third-order valence-electron chi connectivity index (χ3n) is 3.23. The van der Waals surface area contributed by atoms with Gasteiger partial charge in [0.15, 0.2) is 5.37 Å². The third-order valence-corrected chi connectivity index (χ3v) is 5.19. The molecule has 0 heterocycles. The standard InChI is InChI=1S/C15H17NO3S/c1-12-6-10-14(11-7-12)20(18,19)15(16-17)5-3-2-4-13-8-9-13/h6-7,10-11,13,15H,3,5,8-9H2,1H3. The Morgan fingerprint density at radius 3 is 2.50 bits per heavy atom. The topological polar surface area (TPSA) is 63.6 Å². The van der Waals surface area contributed by atoms with Gasteiger partial charge in [0.2, 0.25) is 9.84 Å². The van der Waals surface area contributed by atoms with Crippen molar-refractivity contribution in [2.24, 2.45) is 11.1 Å². The molecule has 1 aromatic rings. The molecule has 2 rings (SSSR count). The fourth-order valence-electron chi connectivity index (χ4n) is 1.79. The highest BCUT2D eigenvalue weighted by atomic mass is 32.2. The van der Waals surface area contributed by atoms with E-state index < -0.39 is 15.2 Å². The maximum Gasteiger partial charge on any atom is 0.204 e. The van der Waals surface area contributed by atoms with E-state index >= 15 is 0 Å². The van der Waals surface area contributed by atoms with Crippen molar-refractivity contribution in [1.82, 2.24) is 0 Å².